The molecule has 1 aliphatic heterocycles. The monoisotopic (exact) mass is 286 g/mol. The Morgan fingerprint density at radius 3 is 2.90 bits per heavy atom. The third-order valence-corrected chi connectivity index (χ3v) is 3.24. The van der Waals surface area contributed by atoms with E-state index in [2.05, 4.69) is 10.3 Å². The van der Waals surface area contributed by atoms with Gasteiger partial charge in [-0.25, -0.2) is 4.98 Å². The highest BCUT2D eigenvalue weighted by atomic mass is 16.6. The molecule has 0 bridgehead atoms. The van der Waals surface area contributed by atoms with Gasteiger partial charge in [0, 0.05) is 19.2 Å². The lowest BCUT2D eigenvalue weighted by Gasteiger charge is -2.26. The number of fused-ring (bicyclic) bond motifs is 1. The van der Waals surface area contributed by atoms with Crippen molar-refractivity contribution in [1.82, 2.24) is 10.3 Å². The molecule has 0 saturated carbocycles. The number of para-hydroxylation sites is 2. The van der Waals surface area contributed by atoms with E-state index in [0.29, 0.717) is 25.6 Å². The Bertz CT molecular complexity index is 604. The van der Waals surface area contributed by atoms with Gasteiger partial charge in [-0.1, -0.05) is 18.2 Å². The highest BCUT2D eigenvalue weighted by molar-refractivity contribution is 5.40. The van der Waals surface area contributed by atoms with Gasteiger partial charge in [-0.05, 0) is 18.2 Å². The molecule has 0 saturated heterocycles. The van der Waals surface area contributed by atoms with Crippen LogP contribution in [0.2, 0.25) is 0 Å². The van der Waals surface area contributed by atoms with Crippen LogP contribution in [-0.4, -0.2) is 31.3 Å². The number of rotatable bonds is 5. The molecule has 2 heterocycles. The van der Waals surface area contributed by atoms with Crippen LogP contribution < -0.4 is 19.5 Å². The van der Waals surface area contributed by atoms with Crippen LogP contribution in [0.4, 0.5) is 0 Å². The maximum atomic E-state index is 5.88. The summed E-state index contributed by atoms with van der Waals surface area (Å²) in [5, 5.41) is 3.33. The van der Waals surface area contributed by atoms with Gasteiger partial charge in [-0.3, -0.25) is 0 Å². The second-order valence-corrected chi connectivity index (χ2v) is 4.80. The van der Waals surface area contributed by atoms with Crippen molar-refractivity contribution in [2.24, 2.45) is 0 Å². The van der Waals surface area contributed by atoms with Crippen molar-refractivity contribution >= 4 is 0 Å². The Morgan fingerprint density at radius 2 is 2.05 bits per heavy atom. The zero-order valence-electron chi connectivity index (χ0n) is 11.9. The van der Waals surface area contributed by atoms with Gasteiger partial charge in [0.25, 0.3) is 0 Å². The summed E-state index contributed by atoms with van der Waals surface area (Å²) in [6, 6.07) is 13.4. The summed E-state index contributed by atoms with van der Waals surface area (Å²) < 4.78 is 16.7. The maximum Gasteiger partial charge on any atom is 0.213 e. The smallest absolute Gasteiger partial charge is 0.213 e. The molecule has 0 aliphatic carbocycles. The van der Waals surface area contributed by atoms with Crippen LogP contribution in [0.5, 0.6) is 17.4 Å². The van der Waals surface area contributed by atoms with E-state index in [0.717, 1.165) is 17.2 Å². The molecule has 110 valence electrons. The maximum absolute atomic E-state index is 5.88. The standard InChI is InChI=1S/C16H18N2O3/c1-19-16-8-4-5-12(18-16)9-17-10-13-11-20-14-6-2-3-7-15(14)21-13/h2-8,13,17H,9-11H2,1H3. The molecule has 0 spiro atoms. The molecule has 1 atom stereocenters. The van der Waals surface area contributed by atoms with Crippen molar-refractivity contribution in [3.63, 3.8) is 0 Å². The third kappa shape index (κ3) is 3.44. The van der Waals surface area contributed by atoms with Gasteiger partial charge in [0.15, 0.2) is 11.5 Å². The summed E-state index contributed by atoms with van der Waals surface area (Å²) in [6.45, 7) is 1.92. The van der Waals surface area contributed by atoms with Crippen molar-refractivity contribution in [1.29, 1.82) is 0 Å². The minimum absolute atomic E-state index is 0.00510. The SMILES string of the molecule is COc1cccc(CNCC2COc3ccccc3O2)n1. The first-order valence-corrected chi connectivity index (χ1v) is 6.94. The molecule has 1 aromatic heterocycles. The molecule has 0 radical (unpaired) electrons. The van der Waals surface area contributed by atoms with Crippen LogP contribution in [0.25, 0.3) is 0 Å². The van der Waals surface area contributed by atoms with Gasteiger partial charge in [0.05, 0.1) is 12.8 Å². The molecule has 2 aromatic rings. The number of methoxy groups -OCH3 is 1. The molecule has 5 nitrogen and oxygen atoms in total. The van der Waals surface area contributed by atoms with E-state index < -0.39 is 0 Å². The third-order valence-electron chi connectivity index (χ3n) is 3.24. The number of aromatic nitrogens is 1. The van der Waals surface area contributed by atoms with Crippen LogP contribution in [0.3, 0.4) is 0 Å². The molecule has 0 amide bonds. The Hall–Kier alpha value is -2.27. The van der Waals surface area contributed by atoms with E-state index >= 15 is 0 Å². The van der Waals surface area contributed by atoms with E-state index in [-0.39, 0.29) is 6.10 Å². The fourth-order valence-corrected chi connectivity index (χ4v) is 2.19. The molecule has 1 aliphatic rings. The van der Waals surface area contributed by atoms with Crippen LogP contribution in [0, 0.1) is 0 Å². The number of pyridine rings is 1. The van der Waals surface area contributed by atoms with Crippen molar-refractivity contribution in [2.75, 3.05) is 20.3 Å². The van der Waals surface area contributed by atoms with Gasteiger partial charge in [0.2, 0.25) is 5.88 Å². The number of benzene rings is 1. The summed E-state index contributed by atoms with van der Waals surface area (Å²) in [7, 11) is 1.62. The average Bonchev–Trinajstić information content (AvgIpc) is 2.55. The fourth-order valence-electron chi connectivity index (χ4n) is 2.19. The average molecular weight is 286 g/mol. The second kappa shape index (κ2) is 6.45. The van der Waals surface area contributed by atoms with E-state index in [1.165, 1.54) is 0 Å². The first-order valence-electron chi connectivity index (χ1n) is 6.94. The molecule has 1 aromatic carbocycles. The Labute approximate surface area is 123 Å². The second-order valence-electron chi connectivity index (χ2n) is 4.80. The quantitative estimate of drug-likeness (QED) is 0.911. The zero-order valence-corrected chi connectivity index (χ0v) is 11.9. The van der Waals surface area contributed by atoms with Crippen LogP contribution in [0.15, 0.2) is 42.5 Å². The lowest BCUT2D eigenvalue weighted by Crippen LogP contribution is -2.38. The van der Waals surface area contributed by atoms with Gasteiger partial charge in [0.1, 0.15) is 12.7 Å². The van der Waals surface area contributed by atoms with E-state index in [9.17, 15) is 0 Å². The lowest BCUT2D eigenvalue weighted by atomic mass is 10.2. The zero-order chi connectivity index (χ0) is 14.5. The van der Waals surface area contributed by atoms with Crippen molar-refractivity contribution in [3.05, 3.63) is 48.2 Å². The minimum Gasteiger partial charge on any atom is -0.486 e. The minimum atomic E-state index is 0.00510. The van der Waals surface area contributed by atoms with E-state index in [1.54, 1.807) is 7.11 Å². The summed E-state index contributed by atoms with van der Waals surface area (Å²) >= 11 is 0. The van der Waals surface area contributed by atoms with Crippen LogP contribution >= 0.6 is 0 Å². The van der Waals surface area contributed by atoms with Crippen molar-refractivity contribution in [2.45, 2.75) is 12.6 Å². The molecular formula is C16H18N2O3. The molecule has 1 unspecified atom stereocenters. The predicted molar refractivity (Wildman–Crippen MR) is 78.8 cm³/mol. The van der Waals surface area contributed by atoms with Crippen molar-refractivity contribution < 1.29 is 14.2 Å². The van der Waals surface area contributed by atoms with E-state index in [1.807, 2.05) is 42.5 Å². The molecule has 5 heteroatoms. The Morgan fingerprint density at radius 1 is 1.19 bits per heavy atom. The number of nitrogens with one attached hydrogen (secondary N) is 1. The summed E-state index contributed by atoms with van der Waals surface area (Å²) in [4.78, 5) is 4.35. The van der Waals surface area contributed by atoms with E-state index in [4.69, 9.17) is 14.2 Å². The molecule has 1 N–H and O–H groups in total. The highest BCUT2D eigenvalue weighted by Crippen LogP contribution is 2.30. The van der Waals surface area contributed by atoms with Gasteiger partial charge in [-0.2, -0.15) is 0 Å². The number of nitrogens with zero attached hydrogens (tertiary/aromatic N) is 1. The number of hydrogen-bond acceptors (Lipinski definition) is 5. The Balaban J connectivity index is 1.50. The fraction of sp³-hybridized carbons (Fsp3) is 0.312. The molecule has 0 fully saturated rings. The largest absolute Gasteiger partial charge is 0.486 e. The topological polar surface area (TPSA) is 52.6 Å². The Kier molecular flexibility index (Phi) is 4.21. The molecule has 21 heavy (non-hydrogen) atoms. The lowest BCUT2D eigenvalue weighted by molar-refractivity contribution is 0.0901. The predicted octanol–water partition coefficient (Wildman–Crippen LogP) is 2.02. The summed E-state index contributed by atoms with van der Waals surface area (Å²) in [6.07, 6.45) is 0.00510. The summed E-state index contributed by atoms with van der Waals surface area (Å²) in [5.41, 5.74) is 0.937. The first-order chi connectivity index (χ1) is 10.3. The normalized spacial score (nSPS) is 16.5. The first kappa shape index (κ1) is 13.7. The molecule has 3 rings (SSSR count). The van der Waals surface area contributed by atoms with Gasteiger partial charge >= 0.3 is 0 Å². The number of ether oxygens (including phenoxy) is 3. The number of hydrogen-bond donors (Lipinski definition) is 1. The van der Waals surface area contributed by atoms with Crippen molar-refractivity contribution in [3.8, 4) is 17.4 Å². The van der Waals surface area contributed by atoms with Gasteiger partial charge in [-0.15, -0.1) is 0 Å². The van der Waals surface area contributed by atoms with Gasteiger partial charge < -0.3 is 19.5 Å². The summed E-state index contributed by atoms with van der Waals surface area (Å²) in [5.74, 6) is 2.23. The van der Waals surface area contributed by atoms with Crippen LogP contribution in [0.1, 0.15) is 5.69 Å². The highest BCUT2D eigenvalue weighted by Gasteiger charge is 2.19. The van der Waals surface area contributed by atoms with Crippen LogP contribution in [-0.2, 0) is 6.54 Å². The molecular weight excluding hydrogens is 268 g/mol.